The second-order valence-electron chi connectivity index (χ2n) is 7.35. The molecule has 2 rings (SSSR count). The maximum atomic E-state index is 12.6. The van der Waals surface area contributed by atoms with Gasteiger partial charge in [0, 0.05) is 12.3 Å². The molecule has 154 valence electrons. The maximum absolute atomic E-state index is 12.6. The zero-order chi connectivity index (χ0) is 20.7. The van der Waals surface area contributed by atoms with Gasteiger partial charge in [-0.1, -0.05) is 44.2 Å². The number of aliphatic hydroxyl groups excluding tert-OH is 1. The molecule has 0 aromatic heterocycles. The average Bonchev–Trinajstić information content (AvgIpc) is 2.83. The summed E-state index contributed by atoms with van der Waals surface area (Å²) in [5.74, 6) is -0.399. The quantitative estimate of drug-likeness (QED) is 0.539. The molecule has 0 radical (unpaired) electrons. The Labute approximate surface area is 170 Å². The molecule has 0 aliphatic carbocycles. The highest BCUT2D eigenvalue weighted by Crippen LogP contribution is 2.33. The number of benzene rings is 1. The summed E-state index contributed by atoms with van der Waals surface area (Å²) < 4.78 is 0. The van der Waals surface area contributed by atoms with Crippen LogP contribution in [0.1, 0.15) is 38.0 Å². The first-order valence-corrected chi connectivity index (χ1v) is 10.6. The first kappa shape index (κ1) is 22.2. The molecular formula is C20H29N3O4S. The SMILES string of the molecule is CC(C)CC(O)C(=O)N[C@@H](C)C(=O)N[C@@H]1C(=O)NCCS[C@@H]1c1ccccc1. The molecule has 8 heteroatoms. The summed E-state index contributed by atoms with van der Waals surface area (Å²) in [4.78, 5) is 37.2. The monoisotopic (exact) mass is 407 g/mol. The van der Waals surface area contributed by atoms with Gasteiger partial charge in [0.1, 0.15) is 18.2 Å². The third-order valence-electron chi connectivity index (χ3n) is 4.46. The van der Waals surface area contributed by atoms with Gasteiger partial charge in [-0.3, -0.25) is 14.4 Å². The zero-order valence-corrected chi connectivity index (χ0v) is 17.3. The van der Waals surface area contributed by atoms with Crippen molar-refractivity contribution >= 4 is 29.5 Å². The molecule has 4 N–H and O–H groups in total. The molecule has 0 bridgehead atoms. The smallest absolute Gasteiger partial charge is 0.249 e. The van der Waals surface area contributed by atoms with Crippen LogP contribution in [-0.2, 0) is 14.4 Å². The number of amides is 3. The predicted molar refractivity (Wildman–Crippen MR) is 110 cm³/mol. The Balaban J connectivity index is 2.05. The molecule has 1 heterocycles. The zero-order valence-electron chi connectivity index (χ0n) is 16.5. The van der Waals surface area contributed by atoms with E-state index in [-0.39, 0.29) is 17.1 Å². The molecule has 1 aromatic rings. The van der Waals surface area contributed by atoms with E-state index in [1.165, 1.54) is 6.92 Å². The van der Waals surface area contributed by atoms with Crippen LogP contribution in [0.3, 0.4) is 0 Å². The van der Waals surface area contributed by atoms with Gasteiger partial charge in [-0.05, 0) is 24.8 Å². The van der Waals surface area contributed by atoms with Crippen LogP contribution in [-0.4, -0.2) is 53.3 Å². The van der Waals surface area contributed by atoms with Crippen molar-refractivity contribution in [2.45, 2.75) is 50.6 Å². The average molecular weight is 408 g/mol. The van der Waals surface area contributed by atoms with Crippen molar-refractivity contribution in [3.8, 4) is 0 Å². The number of hydrogen-bond acceptors (Lipinski definition) is 5. The largest absolute Gasteiger partial charge is 0.383 e. The second-order valence-corrected chi connectivity index (χ2v) is 8.60. The van der Waals surface area contributed by atoms with E-state index in [0.717, 1.165) is 11.3 Å². The van der Waals surface area contributed by atoms with Crippen LogP contribution in [0.5, 0.6) is 0 Å². The molecular weight excluding hydrogens is 378 g/mol. The summed E-state index contributed by atoms with van der Waals surface area (Å²) in [5, 5.41) is 17.8. The van der Waals surface area contributed by atoms with Gasteiger partial charge < -0.3 is 21.1 Å². The lowest BCUT2D eigenvalue weighted by Gasteiger charge is -2.26. The van der Waals surface area contributed by atoms with Crippen molar-refractivity contribution in [2.75, 3.05) is 12.3 Å². The molecule has 1 unspecified atom stereocenters. The number of nitrogens with one attached hydrogen (secondary N) is 3. The molecule has 1 aliphatic heterocycles. The highest BCUT2D eigenvalue weighted by atomic mass is 32.2. The third-order valence-corrected chi connectivity index (χ3v) is 5.80. The first-order valence-electron chi connectivity index (χ1n) is 9.52. The van der Waals surface area contributed by atoms with Crippen molar-refractivity contribution in [3.05, 3.63) is 35.9 Å². The van der Waals surface area contributed by atoms with E-state index >= 15 is 0 Å². The summed E-state index contributed by atoms with van der Waals surface area (Å²) in [6.07, 6.45) is -0.846. The van der Waals surface area contributed by atoms with E-state index in [2.05, 4.69) is 16.0 Å². The Bertz CT molecular complexity index is 683. The number of rotatable bonds is 7. The summed E-state index contributed by atoms with van der Waals surface area (Å²) in [7, 11) is 0. The Morgan fingerprint density at radius 2 is 1.89 bits per heavy atom. The molecule has 1 saturated heterocycles. The van der Waals surface area contributed by atoms with Crippen molar-refractivity contribution in [1.82, 2.24) is 16.0 Å². The van der Waals surface area contributed by atoms with E-state index in [1.54, 1.807) is 11.8 Å². The Kier molecular flexibility index (Phi) is 8.32. The van der Waals surface area contributed by atoms with Crippen LogP contribution in [0.2, 0.25) is 0 Å². The van der Waals surface area contributed by atoms with Gasteiger partial charge in [0.2, 0.25) is 17.7 Å². The van der Waals surface area contributed by atoms with Crippen molar-refractivity contribution < 1.29 is 19.5 Å². The van der Waals surface area contributed by atoms with Crippen LogP contribution < -0.4 is 16.0 Å². The highest BCUT2D eigenvalue weighted by Gasteiger charge is 2.34. The van der Waals surface area contributed by atoms with Gasteiger partial charge in [-0.2, -0.15) is 0 Å². The molecule has 0 spiro atoms. The third kappa shape index (κ3) is 6.24. The van der Waals surface area contributed by atoms with Crippen LogP contribution in [0, 0.1) is 5.92 Å². The number of hydrogen-bond donors (Lipinski definition) is 4. The molecule has 1 aromatic carbocycles. The van der Waals surface area contributed by atoms with Gasteiger partial charge in [0.25, 0.3) is 0 Å². The minimum Gasteiger partial charge on any atom is -0.383 e. The predicted octanol–water partition coefficient (Wildman–Crippen LogP) is 0.987. The highest BCUT2D eigenvalue weighted by molar-refractivity contribution is 7.99. The normalized spacial score (nSPS) is 22.0. The van der Waals surface area contributed by atoms with Gasteiger partial charge in [-0.25, -0.2) is 0 Å². The van der Waals surface area contributed by atoms with E-state index in [9.17, 15) is 19.5 Å². The Morgan fingerprint density at radius 1 is 1.21 bits per heavy atom. The topological polar surface area (TPSA) is 108 Å². The van der Waals surface area contributed by atoms with E-state index in [1.807, 2.05) is 44.2 Å². The standard InChI is InChI=1S/C20H29N3O4S/c1-12(2)11-15(24)19(26)22-13(3)18(25)23-16-17(14-7-5-4-6-8-14)28-10-9-21-20(16)27/h4-8,12-13,15-17,24H,9-11H2,1-3H3,(H,21,27)(H,22,26)(H,23,25)/t13-,15?,16-,17+/m0/s1. The van der Waals surface area contributed by atoms with Crippen LogP contribution in [0.4, 0.5) is 0 Å². The van der Waals surface area contributed by atoms with E-state index in [4.69, 9.17) is 0 Å². The Morgan fingerprint density at radius 3 is 2.54 bits per heavy atom. The van der Waals surface area contributed by atoms with Gasteiger partial charge in [0.15, 0.2) is 0 Å². The van der Waals surface area contributed by atoms with E-state index < -0.39 is 30.0 Å². The minimum absolute atomic E-state index is 0.156. The molecule has 4 atom stereocenters. The second kappa shape index (κ2) is 10.5. The number of aliphatic hydroxyl groups is 1. The van der Waals surface area contributed by atoms with Gasteiger partial charge >= 0.3 is 0 Å². The fourth-order valence-corrected chi connectivity index (χ4v) is 4.19. The lowest BCUT2D eigenvalue weighted by atomic mass is 10.0. The summed E-state index contributed by atoms with van der Waals surface area (Å²) >= 11 is 1.60. The summed E-state index contributed by atoms with van der Waals surface area (Å²) in [6.45, 7) is 5.87. The van der Waals surface area contributed by atoms with Crippen molar-refractivity contribution in [1.29, 1.82) is 0 Å². The summed E-state index contributed by atoms with van der Waals surface area (Å²) in [6, 6.07) is 7.95. The number of carbonyl (C=O) groups is 3. The van der Waals surface area contributed by atoms with E-state index in [0.29, 0.717) is 13.0 Å². The van der Waals surface area contributed by atoms with Crippen LogP contribution in [0.15, 0.2) is 30.3 Å². The molecule has 0 saturated carbocycles. The van der Waals surface area contributed by atoms with Crippen LogP contribution in [0.25, 0.3) is 0 Å². The van der Waals surface area contributed by atoms with Gasteiger partial charge in [-0.15, -0.1) is 11.8 Å². The van der Waals surface area contributed by atoms with Crippen molar-refractivity contribution in [3.63, 3.8) is 0 Å². The lowest BCUT2D eigenvalue weighted by Crippen LogP contribution is -2.54. The fraction of sp³-hybridized carbons (Fsp3) is 0.550. The number of carbonyl (C=O) groups excluding carboxylic acids is 3. The maximum Gasteiger partial charge on any atom is 0.249 e. The van der Waals surface area contributed by atoms with Crippen LogP contribution >= 0.6 is 11.8 Å². The molecule has 1 aliphatic rings. The molecule has 3 amide bonds. The fourth-order valence-electron chi connectivity index (χ4n) is 2.98. The molecule has 1 fully saturated rings. The minimum atomic E-state index is -1.16. The lowest BCUT2D eigenvalue weighted by molar-refractivity contribution is -0.135. The van der Waals surface area contributed by atoms with Gasteiger partial charge in [0.05, 0.1) is 5.25 Å². The summed E-state index contributed by atoms with van der Waals surface area (Å²) in [5.41, 5.74) is 0.957. The van der Waals surface area contributed by atoms with Crippen molar-refractivity contribution in [2.24, 2.45) is 5.92 Å². The first-order chi connectivity index (χ1) is 13.3. The molecule has 7 nitrogen and oxygen atoms in total. The molecule has 28 heavy (non-hydrogen) atoms. The number of thioether (sulfide) groups is 1. The Hall–Kier alpha value is -2.06.